The molecular weight excluding hydrogens is 236 g/mol. The number of fused-ring (bicyclic) bond motifs is 3. The molecule has 3 aromatic rings. The van der Waals surface area contributed by atoms with E-state index in [0.717, 1.165) is 0 Å². The summed E-state index contributed by atoms with van der Waals surface area (Å²) in [6.07, 6.45) is 0. The van der Waals surface area contributed by atoms with Gasteiger partial charge < -0.3 is 0 Å². The van der Waals surface area contributed by atoms with Gasteiger partial charge in [0.2, 0.25) is 0 Å². The number of hydrogen-bond acceptors (Lipinski definition) is 1. The summed E-state index contributed by atoms with van der Waals surface area (Å²) >= 11 is 1.93. The second-order valence-electron chi connectivity index (χ2n) is 5.40. The number of rotatable bonds is 1. The van der Waals surface area contributed by atoms with E-state index in [1.54, 1.807) is 0 Å². The summed E-state index contributed by atoms with van der Waals surface area (Å²) in [7, 11) is 0. The van der Waals surface area contributed by atoms with Crippen LogP contribution in [-0.4, -0.2) is 0 Å². The number of benzene rings is 2. The first kappa shape index (κ1) is 11.7. The van der Waals surface area contributed by atoms with E-state index in [9.17, 15) is 0 Å². The van der Waals surface area contributed by atoms with Crippen LogP contribution in [0.25, 0.3) is 20.2 Å². The molecular formula is C17H18S. The lowest BCUT2D eigenvalue weighted by molar-refractivity contribution is 0.869. The van der Waals surface area contributed by atoms with Crippen LogP contribution in [0.4, 0.5) is 0 Å². The fourth-order valence-corrected chi connectivity index (χ4v) is 3.75. The van der Waals surface area contributed by atoms with Crippen molar-refractivity contribution in [3.63, 3.8) is 0 Å². The Morgan fingerprint density at radius 2 is 1.67 bits per heavy atom. The summed E-state index contributed by atoms with van der Waals surface area (Å²) in [5.41, 5.74) is 4.25. The van der Waals surface area contributed by atoms with Gasteiger partial charge in [0, 0.05) is 20.2 Å². The Kier molecular flexibility index (Phi) is 2.67. The van der Waals surface area contributed by atoms with Crippen molar-refractivity contribution in [1.82, 2.24) is 0 Å². The highest BCUT2D eigenvalue weighted by Crippen LogP contribution is 2.37. The molecule has 0 atom stereocenters. The molecule has 0 N–H and O–H groups in total. The monoisotopic (exact) mass is 254 g/mol. The molecule has 0 aliphatic heterocycles. The Labute approximate surface area is 112 Å². The molecule has 0 saturated carbocycles. The Balaban J connectivity index is 2.39. The van der Waals surface area contributed by atoms with E-state index in [0.29, 0.717) is 5.92 Å². The molecule has 18 heavy (non-hydrogen) atoms. The van der Waals surface area contributed by atoms with Crippen molar-refractivity contribution in [3.05, 3.63) is 47.0 Å². The molecule has 0 aliphatic carbocycles. The van der Waals surface area contributed by atoms with Crippen LogP contribution in [0.15, 0.2) is 30.3 Å². The number of aryl methyl sites for hydroxylation is 2. The first-order valence-corrected chi connectivity index (χ1v) is 7.32. The van der Waals surface area contributed by atoms with Crippen LogP contribution >= 0.6 is 11.3 Å². The molecule has 1 heterocycles. The fraction of sp³-hybridized carbons (Fsp3) is 0.294. The molecule has 1 heteroatoms. The summed E-state index contributed by atoms with van der Waals surface area (Å²) in [5.74, 6) is 0.599. The van der Waals surface area contributed by atoms with Crippen LogP contribution in [0, 0.1) is 13.8 Å². The topological polar surface area (TPSA) is 0 Å². The maximum atomic E-state index is 2.36. The molecule has 1 aromatic heterocycles. The van der Waals surface area contributed by atoms with E-state index < -0.39 is 0 Å². The zero-order chi connectivity index (χ0) is 12.9. The van der Waals surface area contributed by atoms with E-state index >= 15 is 0 Å². The average Bonchev–Trinajstić information content (AvgIpc) is 2.72. The lowest BCUT2D eigenvalue weighted by Crippen LogP contribution is -1.84. The van der Waals surface area contributed by atoms with Crippen LogP contribution in [0.2, 0.25) is 0 Å². The summed E-state index contributed by atoms with van der Waals surface area (Å²) in [5, 5.41) is 2.82. The third kappa shape index (κ3) is 1.65. The fourth-order valence-electron chi connectivity index (χ4n) is 2.45. The van der Waals surface area contributed by atoms with Crippen molar-refractivity contribution in [2.24, 2.45) is 0 Å². The van der Waals surface area contributed by atoms with Gasteiger partial charge in [-0.05, 0) is 42.5 Å². The third-order valence-electron chi connectivity index (χ3n) is 3.85. The molecule has 0 nitrogen and oxygen atoms in total. The smallest absolute Gasteiger partial charge is 0.0387 e. The Morgan fingerprint density at radius 1 is 0.944 bits per heavy atom. The van der Waals surface area contributed by atoms with Crippen molar-refractivity contribution < 1.29 is 0 Å². The van der Waals surface area contributed by atoms with Crippen molar-refractivity contribution in [1.29, 1.82) is 0 Å². The highest BCUT2D eigenvalue weighted by molar-refractivity contribution is 7.26. The SMILES string of the molecule is Cc1ccc2c(sc3cc(C(C)C)ccc32)c1C. The van der Waals surface area contributed by atoms with Crippen molar-refractivity contribution in [2.75, 3.05) is 0 Å². The standard InChI is InChI=1S/C17H18S/c1-10(2)13-6-8-14-15-7-5-11(3)12(4)17(15)18-16(14)9-13/h5-10H,1-4H3. The van der Waals surface area contributed by atoms with Gasteiger partial charge >= 0.3 is 0 Å². The predicted octanol–water partition coefficient (Wildman–Crippen LogP) is 5.79. The van der Waals surface area contributed by atoms with Gasteiger partial charge in [-0.25, -0.2) is 0 Å². The van der Waals surface area contributed by atoms with Crippen molar-refractivity contribution in [3.8, 4) is 0 Å². The van der Waals surface area contributed by atoms with E-state index in [1.807, 2.05) is 11.3 Å². The van der Waals surface area contributed by atoms with Gasteiger partial charge in [-0.15, -0.1) is 11.3 Å². The van der Waals surface area contributed by atoms with Crippen LogP contribution in [0.1, 0.15) is 36.5 Å². The van der Waals surface area contributed by atoms with E-state index in [-0.39, 0.29) is 0 Å². The summed E-state index contributed by atoms with van der Waals surface area (Å²) in [4.78, 5) is 0. The zero-order valence-corrected chi connectivity index (χ0v) is 12.2. The highest BCUT2D eigenvalue weighted by atomic mass is 32.1. The lowest BCUT2D eigenvalue weighted by Gasteiger charge is -2.04. The number of thiophene rings is 1. The average molecular weight is 254 g/mol. The largest absolute Gasteiger partial charge is 0.135 e. The second kappa shape index (κ2) is 4.10. The normalized spacial score (nSPS) is 11.8. The number of hydrogen-bond donors (Lipinski definition) is 0. The molecule has 2 aromatic carbocycles. The molecule has 0 aliphatic rings. The van der Waals surface area contributed by atoms with Gasteiger partial charge in [0.05, 0.1) is 0 Å². The lowest BCUT2D eigenvalue weighted by atomic mass is 10.0. The van der Waals surface area contributed by atoms with Crippen LogP contribution in [0.3, 0.4) is 0 Å². The zero-order valence-electron chi connectivity index (χ0n) is 11.4. The Morgan fingerprint density at radius 3 is 2.39 bits per heavy atom. The molecule has 0 fully saturated rings. The van der Waals surface area contributed by atoms with E-state index in [2.05, 4.69) is 58.0 Å². The van der Waals surface area contributed by atoms with E-state index in [4.69, 9.17) is 0 Å². The maximum Gasteiger partial charge on any atom is 0.0387 e. The second-order valence-corrected chi connectivity index (χ2v) is 6.45. The van der Waals surface area contributed by atoms with Gasteiger partial charge in [-0.3, -0.25) is 0 Å². The van der Waals surface area contributed by atoms with Crippen molar-refractivity contribution >= 4 is 31.5 Å². The third-order valence-corrected chi connectivity index (χ3v) is 5.14. The molecule has 0 amide bonds. The molecule has 0 bridgehead atoms. The maximum absolute atomic E-state index is 2.36. The minimum Gasteiger partial charge on any atom is -0.135 e. The van der Waals surface area contributed by atoms with Gasteiger partial charge in [0.1, 0.15) is 0 Å². The minimum atomic E-state index is 0.599. The quantitative estimate of drug-likeness (QED) is 0.515. The molecule has 0 saturated heterocycles. The summed E-state index contributed by atoms with van der Waals surface area (Å²) in [6, 6.07) is 11.4. The molecule has 0 radical (unpaired) electrons. The molecule has 0 spiro atoms. The van der Waals surface area contributed by atoms with Gasteiger partial charge in [-0.1, -0.05) is 38.1 Å². The Hall–Kier alpha value is -1.34. The molecule has 3 rings (SSSR count). The minimum absolute atomic E-state index is 0.599. The molecule has 0 unspecified atom stereocenters. The Bertz CT molecular complexity index is 732. The van der Waals surface area contributed by atoms with Crippen LogP contribution in [0.5, 0.6) is 0 Å². The van der Waals surface area contributed by atoms with Crippen molar-refractivity contribution in [2.45, 2.75) is 33.6 Å². The van der Waals surface area contributed by atoms with Gasteiger partial charge in [0.25, 0.3) is 0 Å². The summed E-state index contributed by atoms with van der Waals surface area (Å²) in [6.45, 7) is 8.93. The predicted molar refractivity (Wildman–Crippen MR) is 82.9 cm³/mol. The van der Waals surface area contributed by atoms with Crippen LogP contribution in [-0.2, 0) is 0 Å². The van der Waals surface area contributed by atoms with Gasteiger partial charge in [0.15, 0.2) is 0 Å². The summed E-state index contributed by atoms with van der Waals surface area (Å²) < 4.78 is 2.87. The first-order valence-electron chi connectivity index (χ1n) is 6.50. The highest BCUT2D eigenvalue weighted by Gasteiger charge is 2.09. The molecule has 92 valence electrons. The van der Waals surface area contributed by atoms with Crippen LogP contribution < -0.4 is 0 Å². The van der Waals surface area contributed by atoms with Gasteiger partial charge in [-0.2, -0.15) is 0 Å². The van der Waals surface area contributed by atoms with E-state index in [1.165, 1.54) is 36.9 Å². The first-order chi connectivity index (χ1) is 8.58.